The predicted octanol–water partition coefficient (Wildman–Crippen LogP) is -1.97. The van der Waals surface area contributed by atoms with Crippen LogP contribution in [0.25, 0.3) is 0 Å². The number of carboxylic acids is 5. The van der Waals surface area contributed by atoms with Gasteiger partial charge in [-0.15, -0.1) is 0 Å². The maximum Gasteiger partial charge on any atom is 0.317 e. The van der Waals surface area contributed by atoms with Crippen molar-refractivity contribution in [3.8, 4) is 0 Å². The highest BCUT2D eigenvalue weighted by atomic mass is 16.4. The lowest BCUT2D eigenvalue weighted by molar-refractivity contribution is -0.141. The molecule has 1 aliphatic rings. The standard InChI is InChI=1S/C26H48N6O10/c1-26(2,3)32-14-12-30(19-24(39)40)10-8-28(17-22(35)36)6-4-27(16-21(33)34)5-7-29(18-23(37)38)9-11-31(13-15-32)20-25(41)42/h4-20H2,1-3H3,(H,33,34)(H,35,36)(H,37,38)(H,39,40)(H,41,42). The number of rotatable bonds is 10. The van der Waals surface area contributed by atoms with Crippen LogP contribution in [-0.2, 0) is 24.0 Å². The van der Waals surface area contributed by atoms with Gasteiger partial charge in [-0.3, -0.25) is 53.4 Å². The van der Waals surface area contributed by atoms with Crippen molar-refractivity contribution >= 4 is 29.8 Å². The summed E-state index contributed by atoms with van der Waals surface area (Å²) < 4.78 is 0. The Hall–Kier alpha value is -2.89. The Balaban J connectivity index is 3.31. The molecule has 0 unspecified atom stereocenters. The van der Waals surface area contributed by atoms with E-state index in [-0.39, 0.29) is 90.6 Å². The third-order valence-corrected chi connectivity index (χ3v) is 7.05. The van der Waals surface area contributed by atoms with Crippen LogP contribution in [0.15, 0.2) is 0 Å². The monoisotopic (exact) mass is 604 g/mol. The topological polar surface area (TPSA) is 206 Å². The number of hydrogen-bond donors (Lipinski definition) is 5. The van der Waals surface area contributed by atoms with Crippen LogP contribution in [0.4, 0.5) is 0 Å². The number of carbonyl (C=O) groups is 5. The molecule has 0 aliphatic carbocycles. The minimum atomic E-state index is -1.09. The molecule has 1 fully saturated rings. The summed E-state index contributed by atoms with van der Waals surface area (Å²) in [7, 11) is 0. The number of carboxylic acid groups (broad SMARTS) is 5. The Kier molecular flexibility index (Phi) is 16.5. The zero-order chi connectivity index (χ0) is 31.9. The van der Waals surface area contributed by atoms with E-state index in [2.05, 4.69) is 4.90 Å². The third-order valence-electron chi connectivity index (χ3n) is 7.05. The average molecular weight is 605 g/mol. The van der Waals surface area contributed by atoms with E-state index in [1.54, 1.807) is 24.5 Å². The van der Waals surface area contributed by atoms with Gasteiger partial charge in [-0.1, -0.05) is 0 Å². The van der Waals surface area contributed by atoms with Crippen LogP contribution in [0.1, 0.15) is 20.8 Å². The van der Waals surface area contributed by atoms with Crippen molar-refractivity contribution in [2.75, 3.05) is 111 Å². The zero-order valence-electron chi connectivity index (χ0n) is 25.0. The van der Waals surface area contributed by atoms with Gasteiger partial charge in [-0.05, 0) is 20.8 Å². The fourth-order valence-corrected chi connectivity index (χ4v) is 4.74. The quantitative estimate of drug-likeness (QED) is 0.183. The number of aliphatic carboxylic acids is 5. The van der Waals surface area contributed by atoms with Crippen LogP contribution in [0.5, 0.6) is 0 Å². The summed E-state index contributed by atoms with van der Waals surface area (Å²) in [5, 5.41) is 47.3. The first-order chi connectivity index (χ1) is 19.5. The first-order valence-corrected chi connectivity index (χ1v) is 14.0. The largest absolute Gasteiger partial charge is 0.480 e. The van der Waals surface area contributed by atoms with Crippen molar-refractivity contribution in [1.82, 2.24) is 29.4 Å². The first kappa shape index (κ1) is 37.1. The maximum absolute atomic E-state index is 11.6. The van der Waals surface area contributed by atoms with Crippen molar-refractivity contribution < 1.29 is 49.5 Å². The molecule has 16 nitrogen and oxygen atoms in total. The van der Waals surface area contributed by atoms with Crippen molar-refractivity contribution in [1.29, 1.82) is 0 Å². The molecule has 0 radical (unpaired) electrons. The summed E-state index contributed by atoms with van der Waals surface area (Å²) in [6.07, 6.45) is 0. The second kappa shape index (κ2) is 18.6. The fraction of sp³-hybridized carbons (Fsp3) is 0.808. The molecule has 1 heterocycles. The maximum atomic E-state index is 11.6. The normalized spacial score (nSPS) is 20.0. The molecule has 0 spiro atoms. The van der Waals surface area contributed by atoms with Gasteiger partial charge in [-0.25, -0.2) is 0 Å². The van der Waals surface area contributed by atoms with Crippen molar-refractivity contribution in [3.63, 3.8) is 0 Å². The van der Waals surface area contributed by atoms with Gasteiger partial charge in [0, 0.05) is 84.1 Å². The highest BCUT2D eigenvalue weighted by molar-refractivity contribution is 5.70. The minimum absolute atomic E-state index is 0.197. The predicted molar refractivity (Wildman–Crippen MR) is 152 cm³/mol. The van der Waals surface area contributed by atoms with Gasteiger partial charge in [0.15, 0.2) is 0 Å². The molecule has 0 aromatic carbocycles. The zero-order valence-corrected chi connectivity index (χ0v) is 25.0. The van der Waals surface area contributed by atoms with Crippen LogP contribution in [0, 0.1) is 0 Å². The second-order valence-electron chi connectivity index (χ2n) is 11.5. The van der Waals surface area contributed by atoms with Gasteiger partial charge in [-0.2, -0.15) is 0 Å². The molecule has 0 saturated carbocycles. The van der Waals surface area contributed by atoms with Crippen LogP contribution in [-0.4, -0.2) is 202 Å². The Morgan fingerprint density at radius 1 is 0.405 bits per heavy atom. The van der Waals surface area contributed by atoms with Crippen LogP contribution >= 0.6 is 0 Å². The number of hydrogen-bond acceptors (Lipinski definition) is 11. The van der Waals surface area contributed by atoms with Crippen LogP contribution in [0.3, 0.4) is 0 Å². The highest BCUT2D eigenvalue weighted by Crippen LogP contribution is 2.13. The summed E-state index contributed by atoms with van der Waals surface area (Å²) in [6.45, 7) is 8.15. The van der Waals surface area contributed by atoms with Gasteiger partial charge in [0.1, 0.15) is 0 Å². The Labute approximate surface area is 246 Å². The molecule has 0 bridgehead atoms. The van der Waals surface area contributed by atoms with E-state index in [1.807, 2.05) is 20.8 Å². The van der Waals surface area contributed by atoms with E-state index in [9.17, 15) is 49.5 Å². The number of nitrogens with zero attached hydrogens (tertiary/aromatic N) is 6. The van der Waals surface area contributed by atoms with Crippen LogP contribution in [0.2, 0.25) is 0 Å². The summed E-state index contributed by atoms with van der Waals surface area (Å²) >= 11 is 0. The van der Waals surface area contributed by atoms with Crippen molar-refractivity contribution in [2.45, 2.75) is 26.3 Å². The summed E-state index contributed by atoms with van der Waals surface area (Å²) in [5.41, 5.74) is -0.317. The third kappa shape index (κ3) is 17.2. The molecular formula is C26H48N6O10. The summed E-state index contributed by atoms with van der Waals surface area (Å²) in [6, 6.07) is 0. The Bertz CT molecular complexity index is 843. The molecule has 1 aliphatic heterocycles. The molecule has 0 aromatic heterocycles. The molecule has 16 heteroatoms. The fourth-order valence-electron chi connectivity index (χ4n) is 4.74. The van der Waals surface area contributed by atoms with E-state index in [0.29, 0.717) is 26.2 Å². The molecule has 242 valence electrons. The molecule has 1 saturated heterocycles. The van der Waals surface area contributed by atoms with Crippen LogP contribution < -0.4 is 0 Å². The lowest BCUT2D eigenvalue weighted by atomic mass is 10.1. The van der Waals surface area contributed by atoms with E-state index >= 15 is 0 Å². The molecule has 5 N–H and O–H groups in total. The summed E-state index contributed by atoms with van der Waals surface area (Å²) in [4.78, 5) is 68.2. The van der Waals surface area contributed by atoms with Gasteiger partial charge >= 0.3 is 29.8 Å². The molecular weight excluding hydrogens is 556 g/mol. The van der Waals surface area contributed by atoms with Crippen molar-refractivity contribution in [2.24, 2.45) is 0 Å². The van der Waals surface area contributed by atoms with E-state index in [4.69, 9.17) is 0 Å². The molecule has 0 atom stereocenters. The van der Waals surface area contributed by atoms with Gasteiger partial charge < -0.3 is 25.5 Å². The lowest BCUT2D eigenvalue weighted by Crippen LogP contribution is -2.51. The van der Waals surface area contributed by atoms with Gasteiger partial charge in [0.25, 0.3) is 0 Å². The Morgan fingerprint density at radius 2 is 0.571 bits per heavy atom. The van der Waals surface area contributed by atoms with E-state index in [1.165, 1.54) is 0 Å². The Morgan fingerprint density at radius 3 is 0.714 bits per heavy atom. The molecule has 42 heavy (non-hydrogen) atoms. The van der Waals surface area contributed by atoms with E-state index < -0.39 is 29.8 Å². The molecule has 0 amide bonds. The SMILES string of the molecule is CC(C)(C)N1CCN(CC(=O)O)CCN(CC(=O)O)CCN(CC(=O)O)CCN(CC(=O)O)CCN(CC(=O)O)CC1. The molecule has 0 aromatic rings. The molecule has 1 rings (SSSR count). The van der Waals surface area contributed by atoms with Crippen molar-refractivity contribution in [3.05, 3.63) is 0 Å². The summed E-state index contributed by atoms with van der Waals surface area (Å²) in [5.74, 6) is -5.26. The smallest absolute Gasteiger partial charge is 0.317 e. The highest BCUT2D eigenvalue weighted by Gasteiger charge is 2.25. The first-order valence-electron chi connectivity index (χ1n) is 14.0. The lowest BCUT2D eigenvalue weighted by Gasteiger charge is -2.39. The minimum Gasteiger partial charge on any atom is -0.480 e. The second-order valence-corrected chi connectivity index (χ2v) is 11.5. The van der Waals surface area contributed by atoms with Gasteiger partial charge in [0.2, 0.25) is 0 Å². The average Bonchev–Trinajstić information content (AvgIpc) is 2.83. The van der Waals surface area contributed by atoms with E-state index in [0.717, 1.165) is 0 Å². The van der Waals surface area contributed by atoms with Gasteiger partial charge in [0.05, 0.1) is 32.7 Å².